The summed E-state index contributed by atoms with van der Waals surface area (Å²) in [5.74, 6) is -0.108. The Labute approximate surface area is 109 Å². The summed E-state index contributed by atoms with van der Waals surface area (Å²) in [5, 5.41) is 3.55. The molecule has 18 heavy (non-hydrogen) atoms. The largest absolute Gasteiger partial charge is 0.307 e. The lowest BCUT2D eigenvalue weighted by molar-refractivity contribution is 0.200. The molecule has 1 aromatic rings. The fraction of sp³-hybridized carbons (Fsp3) is 0.600. The number of hydrogen-bond donors (Lipinski definition) is 1. The van der Waals surface area contributed by atoms with Gasteiger partial charge in [-0.3, -0.25) is 0 Å². The minimum Gasteiger partial charge on any atom is -0.307 e. The second-order valence-electron chi connectivity index (χ2n) is 5.12. The van der Waals surface area contributed by atoms with Gasteiger partial charge in [-0.05, 0) is 45.5 Å². The zero-order valence-electron chi connectivity index (χ0n) is 11.3. The summed E-state index contributed by atoms with van der Waals surface area (Å²) in [7, 11) is 0. The van der Waals surface area contributed by atoms with Crippen LogP contribution < -0.4 is 5.32 Å². The van der Waals surface area contributed by atoms with Crippen LogP contribution in [0.1, 0.15) is 38.3 Å². The van der Waals surface area contributed by atoms with Crippen molar-refractivity contribution in [2.75, 3.05) is 19.6 Å². The van der Waals surface area contributed by atoms with Crippen LogP contribution in [-0.4, -0.2) is 30.6 Å². The highest BCUT2D eigenvalue weighted by Crippen LogP contribution is 2.19. The van der Waals surface area contributed by atoms with Gasteiger partial charge in [-0.1, -0.05) is 25.1 Å². The predicted octanol–water partition coefficient (Wildman–Crippen LogP) is 2.96. The first-order chi connectivity index (χ1) is 8.70. The Hall–Kier alpha value is -0.930. The number of hydrogen-bond acceptors (Lipinski definition) is 2. The average Bonchev–Trinajstić information content (AvgIpc) is 2.40. The molecule has 0 amide bonds. The van der Waals surface area contributed by atoms with Gasteiger partial charge in [0.15, 0.2) is 0 Å². The highest BCUT2D eigenvalue weighted by molar-refractivity contribution is 5.20. The minimum atomic E-state index is -0.108. The zero-order chi connectivity index (χ0) is 13.0. The number of rotatable bonds is 4. The van der Waals surface area contributed by atoms with E-state index < -0.39 is 0 Å². The monoisotopic (exact) mass is 250 g/mol. The molecule has 1 atom stereocenters. The molecular weight excluding hydrogens is 227 g/mol. The van der Waals surface area contributed by atoms with Gasteiger partial charge in [0.05, 0.1) is 0 Å². The van der Waals surface area contributed by atoms with Gasteiger partial charge in [0, 0.05) is 17.6 Å². The smallest absolute Gasteiger partial charge is 0.127 e. The molecule has 0 radical (unpaired) electrons. The van der Waals surface area contributed by atoms with Gasteiger partial charge in [0.2, 0.25) is 0 Å². The van der Waals surface area contributed by atoms with Crippen molar-refractivity contribution in [1.29, 1.82) is 0 Å². The number of piperidine rings is 1. The van der Waals surface area contributed by atoms with E-state index in [4.69, 9.17) is 0 Å². The Morgan fingerprint density at radius 2 is 2.00 bits per heavy atom. The summed E-state index contributed by atoms with van der Waals surface area (Å²) < 4.78 is 13.7. The molecule has 0 spiro atoms. The van der Waals surface area contributed by atoms with Gasteiger partial charge in [-0.25, -0.2) is 4.39 Å². The summed E-state index contributed by atoms with van der Waals surface area (Å²) >= 11 is 0. The van der Waals surface area contributed by atoms with Crippen LogP contribution in [0.3, 0.4) is 0 Å². The van der Waals surface area contributed by atoms with Gasteiger partial charge < -0.3 is 10.2 Å². The molecule has 100 valence electrons. The normalized spacial score (nSPS) is 19.9. The predicted molar refractivity (Wildman–Crippen MR) is 73.1 cm³/mol. The van der Waals surface area contributed by atoms with E-state index in [0.29, 0.717) is 6.04 Å². The van der Waals surface area contributed by atoms with E-state index in [1.54, 1.807) is 6.07 Å². The molecule has 1 heterocycles. The third kappa shape index (κ3) is 3.30. The van der Waals surface area contributed by atoms with Gasteiger partial charge in [-0.2, -0.15) is 0 Å². The summed E-state index contributed by atoms with van der Waals surface area (Å²) in [5.41, 5.74) is 0.774. The van der Waals surface area contributed by atoms with E-state index in [9.17, 15) is 4.39 Å². The summed E-state index contributed by atoms with van der Waals surface area (Å²) in [6.45, 7) is 7.69. The van der Waals surface area contributed by atoms with Crippen LogP contribution in [0, 0.1) is 5.82 Å². The Kier molecular flexibility index (Phi) is 4.72. The topological polar surface area (TPSA) is 15.3 Å². The molecule has 0 saturated carbocycles. The van der Waals surface area contributed by atoms with Crippen LogP contribution in [0.5, 0.6) is 0 Å². The quantitative estimate of drug-likeness (QED) is 0.884. The van der Waals surface area contributed by atoms with E-state index in [-0.39, 0.29) is 11.9 Å². The van der Waals surface area contributed by atoms with Crippen molar-refractivity contribution < 1.29 is 4.39 Å². The first-order valence-electron chi connectivity index (χ1n) is 6.93. The van der Waals surface area contributed by atoms with E-state index in [0.717, 1.165) is 38.0 Å². The molecular formula is C15H23FN2. The van der Waals surface area contributed by atoms with Crippen molar-refractivity contribution in [1.82, 2.24) is 10.2 Å². The summed E-state index contributed by atoms with van der Waals surface area (Å²) in [4.78, 5) is 2.46. The maximum Gasteiger partial charge on any atom is 0.127 e. The molecule has 1 fully saturated rings. The van der Waals surface area contributed by atoms with Gasteiger partial charge >= 0.3 is 0 Å². The lowest BCUT2D eigenvalue weighted by Gasteiger charge is -2.33. The van der Waals surface area contributed by atoms with Crippen molar-refractivity contribution >= 4 is 0 Å². The summed E-state index contributed by atoms with van der Waals surface area (Å²) in [6.07, 6.45) is 2.32. The van der Waals surface area contributed by atoms with Crippen LogP contribution in [0.4, 0.5) is 4.39 Å². The van der Waals surface area contributed by atoms with E-state index in [1.807, 2.05) is 19.1 Å². The van der Waals surface area contributed by atoms with Gasteiger partial charge in [0.25, 0.3) is 0 Å². The third-order valence-electron chi connectivity index (χ3n) is 3.89. The molecule has 1 saturated heterocycles. The molecule has 0 aliphatic carbocycles. The Morgan fingerprint density at radius 3 is 2.61 bits per heavy atom. The Bertz CT molecular complexity index is 373. The van der Waals surface area contributed by atoms with Crippen molar-refractivity contribution in [2.24, 2.45) is 0 Å². The lowest BCUT2D eigenvalue weighted by Crippen LogP contribution is -2.43. The molecule has 1 unspecified atom stereocenters. The number of nitrogens with zero attached hydrogens (tertiary/aromatic N) is 1. The molecule has 1 aliphatic rings. The molecule has 1 aromatic carbocycles. The fourth-order valence-electron chi connectivity index (χ4n) is 2.69. The molecule has 0 aromatic heterocycles. The number of nitrogens with one attached hydrogen (secondary N) is 1. The van der Waals surface area contributed by atoms with Crippen LogP contribution in [0.2, 0.25) is 0 Å². The highest BCUT2D eigenvalue weighted by Gasteiger charge is 2.20. The molecule has 1 aliphatic heterocycles. The standard InChI is InChI=1S/C15H23FN2/c1-3-18-10-8-13(9-11-18)17-12(2)14-6-4-5-7-15(14)16/h4-7,12-13,17H,3,8-11H2,1-2H3. The SMILES string of the molecule is CCN1CCC(NC(C)c2ccccc2F)CC1. The van der Waals surface area contributed by atoms with Crippen molar-refractivity contribution in [3.05, 3.63) is 35.6 Å². The van der Waals surface area contributed by atoms with E-state index >= 15 is 0 Å². The van der Waals surface area contributed by atoms with Crippen LogP contribution >= 0.6 is 0 Å². The van der Waals surface area contributed by atoms with Crippen molar-refractivity contribution in [2.45, 2.75) is 38.8 Å². The molecule has 2 nitrogen and oxygen atoms in total. The molecule has 2 rings (SSSR count). The first-order valence-corrected chi connectivity index (χ1v) is 6.93. The second-order valence-corrected chi connectivity index (χ2v) is 5.12. The van der Waals surface area contributed by atoms with Gasteiger partial charge in [-0.15, -0.1) is 0 Å². The van der Waals surface area contributed by atoms with Crippen molar-refractivity contribution in [3.8, 4) is 0 Å². The van der Waals surface area contributed by atoms with E-state index in [2.05, 4.69) is 17.1 Å². The number of benzene rings is 1. The maximum atomic E-state index is 13.7. The lowest BCUT2D eigenvalue weighted by atomic mass is 10.0. The highest BCUT2D eigenvalue weighted by atomic mass is 19.1. The van der Waals surface area contributed by atoms with E-state index in [1.165, 1.54) is 6.07 Å². The number of likely N-dealkylation sites (tertiary alicyclic amines) is 1. The Balaban J connectivity index is 1.89. The maximum absolute atomic E-state index is 13.7. The first kappa shape index (κ1) is 13.5. The Morgan fingerprint density at radius 1 is 1.33 bits per heavy atom. The van der Waals surface area contributed by atoms with Crippen LogP contribution in [-0.2, 0) is 0 Å². The van der Waals surface area contributed by atoms with Crippen molar-refractivity contribution in [3.63, 3.8) is 0 Å². The fourth-order valence-corrected chi connectivity index (χ4v) is 2.69. The average molecular weight is 250 g/mol. The molecule has 0 bridgehead atoms. The zero-order valence-corrected chi connectivity index (χ0v) is 11.3. The number of halogens is 1. The van der Waals surface area contributed by atoms with Gasteiger partial charge in [0.1, 0.15) is 5.82 Å². The summed E-state index contributed by atoms with van der Waals surface area (Å²) in [6, 6.07) is 7.65. The molecule has 3 heteroatoms. The minimum absolute atomic E-state index is 0.0874. The third-order valence-corrected chi connectivity index (χ3v) is 3.89. The molecule has 1 N–H and O–H groups in total. The van der Waals surface area contributed by atoms with Crippen LogP contribution in [0.25, 0.3) is 0 Å². The second kappa shape index (κ2) is 6.30. The van der Waals surface area contributed by atoms with Crippen LogP contribution in [0.15, 0.2) is 24.3 Å².